The average Bonchev–Trinajstić information content (AvgIpc) is 3.08. The van der Waals surface area contributed by atoms with Crippen molar-refractivity contribution in [3.05, 3.63) is 77.6 Å². The van der Waals surface area contributed by atoms with E-state index in [9.17, 15) is 4.79 Å². The van der Waals surface area contributed by atoms with E-state index in [0.717, 1.165) is 23.4 Å². The first-order valence-corrected chi connectivity index (χ1v) is 9.27. The molecule has 1 amide bonds. The molecule has 0 bridgehead atoms. The van der Waals surface area contributed by atoms with Crippen molar-refractivity contribution < 1.29 is 9.53 Å². The summed E-state index contributed by atoms with van der Waals surface area (Å²) in [5, 5.41) is 2.91. The van der Waals surface area contributed by atoms with Gasteiger partial charge in [0.2, 0.25) is 5.95 Å². The Morgan fingerprint density at radius 3 is 2.75 bits per heavy atom. The van der Waals surface area contributed by atoms with Crippen molar-refractivity contribution in [3.63, 3.8) is 0 Å². The standard InChI is InChI=1S/C22H22N4O2/c1-15-13-17-5-3-4-6-20(17)26(15)22-23-12-11-19(25-22)21(27)24-14-16-7-9-18(28-2)10-8-16/h3-12,15H,13-14H2,1-2H3,(H,24,27). The third-order valence-corrected chi connectivity index (χ3v) is 4.91. The number of nitrogens with one attached hydrogen (secondary N) is 1. The van der Waals surface area contributed by atoms with Crippen molar-refractivity contribution in [1.82, 2.24) is 15.3 Å². The van der Waals surface area contributed by atoms with Gasteiger partial charge in [0.25, 0.3) is 5.91 Å². The normalized spacial score (nSPS) is 15.2. The molecule has 6 nitrogen and oxygen atoms in total. The third-order valence-electron chi connectivity index (χ3n) is 4.91. The van der Waals surface area contributed by atoms with Crippen molar-refractivity contribution in [2.45, 2.75) is 25.9 Å². The van der Waals surface area contributed by atoms with Crippen LogP contribution in [-0.2, 0) is 13.0 Å². The first-order valence-electron chi connectivity index (χ1n) is 9.27. The minimum Gasteiger partial charge on any atom is -0.497 e. The van der Waals surface area contributed by atoms with Gasteiger partial charge < -0.3 is 15.0 Å². The largest absolute Gasteiger partial charge is 0.497 e. The summed E-state index contributed by atoms with van der Waals surface area (Å²) in [6.07, 6.45) is 2.58. The zero-order valence-electron chi connectivity index (χ0n) is 15.9. The van der Waals surface area contributed by atoms with E-state index in [0.29, 0.717) is 18.2 Å². The van der Waals surface area contributed by atoms with E-state index in [2.05, 4.69) is 39.2 Å². The molecule has 0 saturated heterocycles. The number of ether oxygens (including phenoxy) is 1. The lowest BCUT2D eigenvalue weighted by molar-refractivity contribution is 0.0946. The van der Waals surface area contributed by atoms with Crippen molar-refractivity contribution in [2.24, 2.45) is 0 Å². The van der Waals surface area contributed by atoms with Crippen LogP contribution in [0.25, 0.3) is 0 Å². The summed E-state index contributed by atoms with van der Waals surface area (Å²) in [5.74, 6) is 1.12. The summed E-state index contributed by atoms with van der Waals surface area (Å²) in [7, 11) is 1.63. The van der Waals surface area contributed by atoms with Crippen LogP contribution in [0, 0.1) is 0 Å². The highest BCUT2D eigenvalue weighted by atomic mass is 16.5. The number of hydrogen-bond acceptors (Lipinski definition) is 5. The van der Waals surface area contributed by atoms with Gasteiger partial charge in [0.15, 0.2) is 0 Å². The van der Waals surface area contributed by atoms with Crippen LogP contribution in [0.3, 0.4) is 0 Å². The number of carbonyl (C=O) groups excluding carboxylic acids is 1. The number of fused-ring (bicyclic) bond motifs is 1. The number of aromatic nitrogens is 2. The second-order valence-corrected chi connectivity index (χ2v) is 6.82. The van der Waals surface area contributed by atoms with Crippen LogP contribution in [-0.4, -0.2) is 29.0 Å². The smallest absolute Gasteiger partial charge is 0.270 e. The van der Waals surface area contributed by atoms with Crippen molar-refractivity contribution in [1.29, 1.82) is 0 Å². The molecule has 6 heteroatoms. The Bertz CT molecular complexity index is 988. The summed E-state index contributed by atoms with van der Waals surface area (Å²) in [6, 6.07) is 17.7. The Labute approximate surface area is 164 Å². The second kappa shape index (κ2) is 7.68. The van der Waals surface area contributed by atoms with Gasteiger partial charge in [-0.15, -0.1) is 0 Å². The summed E-state index contributed by atoms with van der Waals surface area (Å²) >= 11 is 0. The van der Waals surface area contributed by atoms with Gasteiger partial charge in [0.1, 0.15) is 11.4 Å². The predicted molar refractivity (Wildman–Crippen MR) is 108 cm³/mol. The molecule has 3 aromatic rings. The molecule has 1 N–H and O–H groups in total. The molecule has 0 radical (unpaired) electrons. The number of nitrogens with zero attached hydrogens (tertiary/aromatic N) is 3. The van der Waals surface area contributed by atoms with E-state index in [1.165, 1.54) is 5.56 Å². The van der Waals surface area contributed by atoms with Crippen LogP contribution >= 0.6 is 0 Å². The Morgan fingerprint density at radius 1 is 1.18 bits per heavy atom. The zero-order chi connectivity index (χ0) is 19.5. The number of carbonyl (C=O) groups is 1. The summed E-state index contributed by atoms with van der Waals surface area (Å²) in [4.78, 5) is 23.6. The average molecular weight is 374 g/mol. The molecular formula is C22H22N4O2. The Kier molecular flexibility index (Phi) is 4.93. The fraction of sp³-hybridized carbons (Fsp3) is 0.227. The predicted octanol–water partition coefficient (Wildman–Crippen LogP) is 3.50. The van der Waals surface area contributed by atoms with E-state index in [1.54, 1.807) is 19.4 Å². The fourth-order valence-corrected chi connectivity index (χ4v) is 3.48. The van der Waals surface area contributed by atoms with Crippen molar-refractivity contribution in [2.75, 3.05) is 12.0 Å². The molecule has 1 unspecified atom stereocenters. The first-order chi connectivity index (χ1) is 13.7. The van der Waals surface area contributed by atoms with Gasteiger partial charge in [0.05, 0.1) is 7.11 Å². The van der Waals surface area contributed by atoms with Gasteiger partial charge in [0, 0.05) is 24.5 Å². The second-order valence-electron chi connectivity index (χ2n) is 6.82. The van der Waals surface area contributed by atoms with Gasteiger partial charge >= 0.3 is 0 Å². The zero-order valence-corrected chi connectivity index (χ0v) is 15.9. The Balaban J connectivity index is 1.49. The van der Waals surface area contributed by atoms with Crippen molar-refractivity contribution >= 4 is 17.5 Å². The van der Waals surface area contributed by atoms with Crippen molar-refractivity contribution in [3.8, 4) is 5.75 Å². The topological polar surface area (TPSA) is 67.3 Å². The maximum Gasteiger partial charge on any atom is 0.270 e. The SMILES string of the molecule is COc1ccc(CNC(=O)c2ccnc(N3c4ccccc4CC3C)n2)cc1. The quantitative estimate of drug-likeness (QED) is 0.740. The highest BCUT2D eigenvalue weighted by molar-refractivity contribution is 5.92. The molecular weight excluding hydrogens is 352 g/mol. The molecule has 0 saturated carbocycles. The van der Waals surface area contributed by atoms with Gasteiger partial charge in [-0.05, 0) is 48.7 Å². The summed E-state index contributed by atoms with van der Waals surface area (Å²) < 4.78 is 5.15. The summed E-state index contributed by atoms with van der Waals surface area (Å²) in [6.45, 7) is 2.56. The molecule has 4 rings (SSSR count). The maximum atomic E-state index is 12.6. The highest BCUT2D eigenvalue weighted by Gasteiger charge is 2.29. The lowest BCUT2D eigenvalue weighted by Gasteiger charge is -2.22. The monoisotopic (exact) mass is 374 g/mol. The van der Waals surface area contributed by atoms with Crippen LogP contribution in [0.15, 0.2) is 60.8 Å². The van der Waals surface area contributed by atoms with Crippen LogP contribution in [0.5, 0.6) is 5.75 Å². The van der Waals surface area contributed by atoms with Gasteiger partial charge in [-0.25, -0.2) is 9.97 Å². The lowest BCUT2D eigenvalue weighted by Crippen LogP contribution is -2.28. The number of anilines is 2. The molecule has 28 heavy (non-hydrogen) atoms. The molecule has 2 aromatic carbocycles. The van der Waals surface area contributed by atoms with Crippen LogP contribution in [0.4, 0.5) is 11.6 Å². The van der Waals surface area contributed by atoms with E-state index in [4.69, 9.17) is 4.74 Å². The van der Waals surface area contributed by atoms with Gasteiger partial charge in [-0.1, -0.05) is 30.3 Å². The molecule has 1 aromatic heterocycles. The number of amides is 1. The van der Waals surface area contributed by atoms with E-state index < -0.39 is 0 Å². The molecule has 1 aliphatic rings. The van der Waals surface area contributed by atoms with Gasteiger partial charge in [-0.3, -0.25) is 4.79 Å². The number of rotatable bonds is 5. The number of hydrogen-bond donors (Lipinski definition) is 1. The molecule has 0 fully saturated rings. The van der Waals surface area contributed by atoms with Crippen LogP contribution < -0.4 is 15.0 Å². The number of methoxy groups -OCH3 is 1. The highest BCUT2D eigenvalue weighted by Crippen LogP contribution is 2.36. The minimum absolute atomic E-state index is 0.223. The Hall–Kier alpha value is -3.41. The molecule has 1 aliphatic heterocycles. The Morgan fingerprint density at radius 2 is 1.96 bits per heavy atom. The molecule has 0 spiro atoms. The fourth-order valence-electron chi connectivity index (χ4n) is 3.48. The van der Waals surface area contributed by atoms with E-state index in [1.807, 2.05) is 36.4 Å². The third kappa shape index (κ3) is 3.53. The van der Waals surface area contributed by atoms with Crippen LogP contribution in [0.2, 0.25) is 0 Å². The van der Waals surface area contributed by atoms with Gasteiger partial charge in [-0.2, -0.15) is 0 Å². The van der Waals surface area contributed by atoms with E-state index >= 15 is 0 Å². The lowest BCUT2D eigenvalue weighted by atomic mass is 10.1. The first kappa shape index (κ1) is 18.0. The molecule has 142 valence electrons. The maximum absolute atomic E-state index is 12.6. The van der Waals surface area contributed by atoms with Crippen LogP contribution in [0.1, 0.15) is 28.5 Å². The molecule has 1 atom stereocenters. The number of benzene rings is 2. The minimum atomic E-state index is -0.223. The summed E-state index contributed by atoms with van der Waals surface area (Å²) in [5.41, 5.74) is 3.72. The number of para-hydroxylation sites is 1. The van der Waals surface area contributed by atoms with E-state index in [-0.39, 0.29) is 11.9 Å². The molecule has 0 aliphatic carbocycles. The molecule has 2 heterocycles.